The lowest BCUT2D eigenvalue weighted by molar-refractivity contribution is -0.137. The first-order chi connectivity index (χ1) is 10.9. The molecule has 0 aliphatic carbocycles. The van der Waals surface area contributed by atoms with Crippen molar-refractivity contribution in [2.45, 2.75) is 6.18 Å². The van der Waals surface area contributed by atoms with Crippen molar-refractivity contribution in [3.05, 3.63) is 58.7 Å². The standard InChI is InChI=1S/C14H8F3N3O3/c15-14(16,17)9-3-6-11(18-7-9)22-10-4-1-8(2-5-10)12-19-13(21)23-20-12/h1-7H,(H,19,20,21). The number of benzene rings is 1. The lowest BCUT2D eigenvalue weighted by Gasteiger charge is -2.08. The lowest BCUT2D eigenvalue weighted by atomic mass is 10.2. The van der Waals surface area contributed by atoms with Crippen LogP contribution in [0, 0.1) is 0 Å². The van der Waals surface area contributed by atoms with E-state index in [1.165, 1.54) is 0 Å². The van der Waals surface area contributed by atoms with Gasteiger partial charge in [-0.1, -0.05) is 5.16 Å². The molecule has 23 heavy (non-hydrogen) atoms. The first kappa shape index (κ1) is 14.8. The summed E-state index contributed by atoms with van der Waals surface area (Å²) in [7, 11) is 0. The second-order valence-electron chi connectivity index (χ2n) is 4.45. The number of ether oxygens (including phenoxy) is 1. The minimum Gasteiger partial charge on any atom is -0.439 e. The van der Waals surface area contributed by atoms with Crippen molar-refractivity contribution in [3.63, 3.8) is 0 Å². The Morgan fingerprint density at radius 1 is 1.09 bits per heavy atom. The highest BCUT2D eigenvalue weighted by Gasteiger charge is 2.30. The molecular formula is C14H8F3N3O3. The van der Waals surface area contributed by atoms with Crippen LogP contribution < -0.4 is 10.5 Å². The Balaban J connectivity index is 1.74. The van der Waals surface area contributed by atoms with E-state index in [9.17, 15) is 18.0 Å². The molecule has 118 valence electrons. The average molecular weight is 323 g/mol. The van der Waals surface area contributed by atoms with E-state index in [2.05, 4.69) is 19.6 Å². The summed E-state index contributed by atoms with van der Waals surface area (Å²) in [6.07, 6.45) is -3.74. The number of H-pyrrole nitrogens is 1. The predicted octanol–water partition coefficient (Wildman–Crippen LogP) is 3.24. The van der Waals surface area contributed by atoms with Crippen LogP contribution in [0.4, 0.5) is 13.2 Å². The highest BCUT2D eigenvalue weighted by Crippen LogP contribution is 2.30. The maximum Gasteiger partial charge on any atom is 0.439 e. The van der Waals surface area contributed by atoms with Crippen LogP contribution in [0.25, 0.3) is 11.4 Å². The molecule has 0 unspecified atom stereocenters. The smallest absolute Gasteiger partial charge is 0.439 e. The third-order valence-electron chi connectivity index (χ3n) is 2.85. The summed E-state index contributed by atoms with van der Waals surface area (Å²) in [6.45, 7) is 0. The van der Waals surface area contributed by atoms with Gasteiger partial charge in [-0.2, -0.15) is 13.2 Å². The summed E-state index contributed by atoms with van der Waals surface area (Å²) in [4.78, 5) is 16.9. The molecule has 2 heterocycles. The number of nitrogens with zero attached hydrogens (tertiary/aromatic N) is 2. The van der Waals surface area contributed by atoms with Crippen LogP contribution in [-0.4, -0.2) is 15.1 Å². The van der Waals surface area contributed by atoms with Crippen LogP contribution >= 0.6 is 0 Å². The minimum absolute atomic E-state index is 0.0283. The van der Waals surface area contributed by atoms with Crippen molar-refractivity contribution in [3.8, 4) is 23.0 Å². The SMILES string of the molecule is O=c1[nH]c(-c2ccc(Oc3ccc(C(F)(F)F)cn3)cc2)no1. The Hall–Kier alpha value is -3.10. The predicted molar refractivity (Wildman–Crippen MR) is 71.9 cm³/mol. The fourth-order valence-corrected chi connectivity index (χ4v) is 1.76. The number of hydrogen-bond donors (Lipinski definition) is 1. The van der Waals surface area contributed by atoms with Gasteiger partial charge in [-0.05, 0) is 30.3 Å². The number of pyridine rings is 1. The second-order valence-corrected chi connectivity index (χ2v) is 4.45. The molecule has 3 aromatic rings. The number of hydrogen-bond acceptors (Lipinski definition) is 5. The van der Waals surface area contributed by atoms with Gasteiger partial charge in [-0.15, -0.1) is 0 Å². The second kappa shape index (κ2) is 5.59. The van der Waals surface area contributed by atoms with Crippen LogP contribution in [0.2, 0.25) is 0 Å². The van der Waals surface area contributed by atoms with Crippen LogP contribution in [0.5, 0.6) is 11.6 Å². The molecule has 0 radical (unpaired) electrons. The van der Waals surface area contributed by atoms with E-state index in [0.717, 1.165) is 12.1 Å². The Morgan fingerprint density at radius 2 is 1.83 bits per heavy atom. The topological polar surface area (TPSA) is 81.0 Å². The quantitative estimate of drug-likeness (QED) is 0.800. The summed E-state index contributed by atoms with van der Waals surface area (Å²) in [5.41, 5.74) is -0.265. The van der Waals surface area contributed by atoms with Crippen molar-refractivity contribution < 1.29 is 22.4 Å². The number of alkyl halides is 3. The van der Waals surface area contributed by atoms with Crippen molar-refractivity contribution in [1.82, 2.24) is 15.1 Å². The van der Waals surface area contributed by atoms with Crippen molar-refractivity contribution in [2.24, 2.45) is 0 Å². The van der Waals surface area contributed by atoms with Crippen molar-refractivity contribution in [1.29, 1.82) is 0 Å². The van der Waals surface area contributed by atoms with E-state index >= 15 is 0 Å². The molecule has 0 saturated carbocycles. The zero-order valence-electron chi connectivity index (χ0n) is 11.3. The van der Waals surface area contributed by atoms with Gasteiger partial charge in [0.15, 0.2) is 5.82 Å². The highest BCUT2D eigenvalue weighted by atomic mass is 19.4. The Kier molecular flexibility index (Phi) is 3.61. The first-order valence-corrected chi connectivity index (χ1v) is 6.29. The summed E-state index contributed by atoms with van der Waals surface area (Å²) in [6, 6.07) is 8.34. The van der Waals surface area contributed by atoms with Crippen LogP contribution in [-0.2, 0) is 6.18 Å². The molecular weight excluding hydrogens is 315 g/mol. The average Bonchev–Trinajstić information content (AvgIpc) is 2.94. The molecule has 0 fully saturated rings. The molecule has 1 aromatic carbocycles. The van der Waals surface area contributed by atoms with E-state index in [0.29, 0.717) is 17.5 Å². The van der Waals surface area contributed by atoms with Gasteiger partial charge in [-0.3, -0.25) is 9.51 Å². The number of nitrogens with one attached hydrogen (secondary N) is 1. The van der Waals surface area contributed by atoms with Gasteiger partial charge in [-0.25, -0.2) is 9.78 Å². The monoisotopic (exact) mass is 323 g/mol. The summed E-state index contributed by atoms with van der Waals surface area (Å²) < 4.78 is 47.0. The van der Waals surface area contributed by atoms with Gasteiger partial charge >= 0.3 is 11.9 Å². The van der Waals surface area contributed by atoms with Crippen LogP contribution in [0.15, 0.2) is 51.9 Å². The third kappa shape index (κ3) is 3.39. The number of aromatic amines is 1. The van der Waals surface area contributed by atoms with Gasteiger partial charge in [0.25, 0.3) is 0 Å². The minimum atomic E-state index is -4.44. The van der Waals surface area contributed by atoms with Gasteiger partial charge in [0.2, 0.25) is 5.88 Å². The van der Waals surface area contributed by atoms with E-state index < -0.39 is 17.5 Å². The molecule has 1 N–H and O–H groups in total. The molecule has 2 aromatic heterocycles. The molecule has 0 amide bonds. The van der Waals surface area contributed by atoms with Gasteiger partial charge in [0, 0.05) is 17.8 Å². The largest absolute Gasteiger partial charge is 0.439 e. The van der Waals surface area contributed by atoms with E-state index in [1.807, 2.05) is 0 Å². The summed E-state index contributed by atoms with van der Waals surface area (Å²) >= 11 is 0. The molecule has 0 saturated heterocycles. The molecule has 0 spiro atoms. The summed E-state index contributed by atoms with van der Waals surface area (Å²) in [5, 5.41) is 3.53. The maximum atomic E-state index is 12.4. The maximum absolute atomic E-state index is 12.4. The van der Waals surface area contributed by atoms with E-state index in [-0.39, 0.29) is 11.7 Å². The van der Waals surface area contributed by atoms with E-state index in [1.54, 1.807) is 24.3 Å². The van der Waals surface area contributed by atoms with E-state index in [4.69, 9.17) is 4.74 Å². The van der Waals surface area contributed by atoms with Crippen molar-refractivity contribution >= 4 is 0 Å². The molecule has 6 nitrogen and oxygen atoms in total. The lowest BCUT2D eigenvalue weighted by Crippen LogP contribution is -2.05. The molecule has 0 aliphatic heterocycles. The van der Waals surface area contributed by atoms with Gasteiger partial charge in [0.05, 0.1) is 5.56 Å². The van der Waals surface area contributed by atoms with Crippen molar-refractivity contribution in [2.75, 3.05) is 0 Å². The normalized spacial score (nSPS) is 11.4. The first-order valence-electron chi connectivity index (χ1n) is 6.29. The summed E-state index contributed by atoms with van der Waals surface area (Å²) in [5.74, 6) is -0.0177. The van der Waals surface area contributed by atoms with Crippen LogP contribution in [0.1, 0.15) is 5.56 Å². The number of rotatable bonds is 3. The number of halogens is 3. The zero-order chi connectivity index (χ0) is 16.4. The molecule has 0 bridgehead atoms. The number of aromatic nitrogens is 3. The fourth-order valence-electron chi connectivity index (χ4n) is 1.76. The molecule has 3 rings (SSSR count). The van der Waals surface area contributed by atoms with Gasteiger partial charge < -0.3 is 4.74 Å². The molecule has 0 atom stereocenters. The Bertz CT molecular complexity index is 852. The fraction of sp³-hybridized carbons (Fsp3) is 0.0714. The third-order valence-corrected chi connectivity index (χ3v) is 2.85. The molecule has 9 heteroatoms. The van der Waals surface area contributed by atoms with Crippen LogP contribution in [0.3, 0.4) is 0 Å². The molecule has 0 aliphatic rings. The van der Waals surface area contributed by atoms with Gasteiger partial charge in [0.1, 0.15) is 5.75 Å². The Morgan fingerprint density at radius 3 is 2.35 bits per heavy atom. The Labute approximate surface area is 126 Å². The highest BCUT2D eigenvalue weighted by molar-refractivity contribution is 5.55. The zero-order valence-corrected chi connectivity index (χ0v) is 11.3.